The van der Waals surface area contributed by atoms with Crippen molar-refractivity contribution >= 4 is 35.0 Å². The van der Waals surface area contributed by atoms with Crippen molar-refractivity contribution in [3.8, 4) is 28.2 Å². The van der Waals surface area contributed by atoms with Crippen molar-refractivity contribution in [2.45, 2.75) is 6.92 Å². The van der Waals surface area contributed by atoms with Crippen molar-refractivity contribution in [3.63, 3.8) is 0 Å². The predicted molar refractivity (Wildman–Crippen MR) is 148 cm³/mol. The average Bonchev–Trinajstić information content (AvgIpc) is 3.39. The van der Waals surface area contributed by atoms with Crippen LogP contribution in [0.5, 0.6) is 0 Å². The number of carbonyl (C=O) groups excluding carboxylic acids is 2. The van der Waals surface area contributed by atoms with Gasteiger partial charge in [-0.15, -0.1) is 5.10 Å². The van der Waals surface area contributed by atoms with Crippen LogP contribution < -0.4 is 0 Å². The molecule has 0 aliphatic heterocycles. The highest BCUT2D eigenvalue weighted by atomic mass is 35.5. The lowest BCUT2D eigenvalue weighted by atomic mass is 10.0. The van der Waals surface area contributed by atoms with Crippen molar-refractivity contribution < 1.29 is 14.3 Å². The number of carbonyl (C=O) groups is 2. The van der Waals surface area contributed by atoms with E-state index < -0.39 is 12.6 Å². The summed E-state index contributed by atoms with van der Waals surface area (Å²) in [5.74, 6) is -0.969. The van der Waals surface area contributed by atoms with Crippen LogP contribution in [0.15, 0.2) is 97.1 Å². The molecular formula is C30H21Cl2N3O3. The van der Waals surface area contributed by atoms with E-state index in [1.165, 1.54) is 4.68 Å². The van der Waals surface area contributed by atoms with Gasteiger partial charge in [0.05, 0.1) is 5.69 Å². The molecule has 0 saturated carbocycles. The molecule has 0 bridgehead atoms. The fraction of sp³-hybridized carbons (Fsp3) is 0.0667. The topological polar surface area (TPSA) is 74.1 Å². The summed E-state index contributed by atoms with van der Waals surface area (Å²) >= 11 is 12.5. The van der Waals surface area contributed by atoms with E-state index in [1.807, 2.05) is 61.5 Å². The summed E-state index contributed by atoms with van der Waals surface area (Å²) < 4.78 is 6.78. The Labute approximate surface area is 229 Å². The molecule has 8 heteroatoms. The van der Waals surface area contributed by atoms with Crippen LogP contribution in [0.4, 0.5) is 0 Å². The number of ether oxygens (including phenoxy) is 1. The predicted octanol–water partition coefficient (Wildman–Crippen LogP) is 7.26. The van der Waals surface area contributed by atoms with Crippen molar-refractivity contribution in [3.05, 3.63) is 124 Å². The number of ketones is 1. The third-order valence-electron chi connectivity index (χ3n) is 5.92. The molecule has 0 atom stereocenters. The van der Waals surface area contributed by atoms with E-state index in [0.29, 0.717) is 32.7 Å². The molecule has 0 radical (unpaired) electrons. The number of aromatic nitrogens is 3. The van der Waals surface area contributed by atoms with E-state index in [-0.39, 0.29) is 11.6 Å². The van der Waals surface area contributed by atoms with E-state index in [9.17, 15) is 9.59 Å². The van der Waals surface area contributed by atoms with Gasteiger partial charge in [0.2, 0.25) is 0 Å². The first-order chi connectivity index (χ1) is 18.4. The quantitative estimate of drug-likeness (QED) is 0.160. The summed E-state index contributed by atoms with van der Waals surface area (Å²) in [7, 11) is 0. The molecule has 5 aromatic rings. The van der Waals surface area contributed by atoms with Gasteiger partial charge in [0.25, 0.3) is 5.82 Å². The minimum atomic E-state index is -0.820. The maximum Gasteiger partial charge on any atom is 0.378 e. The maximum absolute atomic E-state index is 12.9. The monoisotopic (exact) mass is 541 g/mol. The first kappa shape index (κ1) is 25.4. The van der Waals surface area contributed by atoms with Crippen molar-refractivity contribution in [1.82, 2.24) is 14.8 Å². The zero-order chi connectivity index (χ0) is 26.6. The highest BCUT2D eigenvalue weighted by Gasteiger charge is 2.22. The van der Waals surface area contributed by atoms with Crippen LogP contribution in [0.25, 0.3) is 28.2 Å². The Hall–Kier alpha value is -4.26. The van der Waals surface area contributed by atoms with Gasteiger partial charge in [0, 0.05) is 21.2 Å². The Bertz CT molecular complexity index is 1630. The number of rotatable bonds is 7. The van der Waals surface area contributed by atoms with Crippen LogP contribution in [-0.4, -0.2) is 33.1 Å². The Morgan fingerprint density at radius 3 is 2.24 bits per heavy atom. The van der Waals surface area contributed by atoms with Gasteiger partial charge in [-0.1, -0.05) is 96.0 Å². The van der Waals surface area contributed by atoms with Gasteiger partial charge in [-0.2, -0.15) is 0 Å². The summed E-state index contributed by atoms with van der Waals surface area (Å²) in [6.07, 6.45) is 0. The molecule has 0 spiro atoms. The van der Waals surface area contributed by atoms with Crippen LogP contribution in [0, 0.1) is 6.92 Å². The number of aryl methyl sites for hydroxylation is 1. The van der Waals surface area contributed by atoms with E-state index in [0.717, 1.165) is 16.7 Å². The van der Waals surface area contributed by atoms with Crippen LogP contribution in [0.3, 0.4) is 0 Å². The molecular weight excluding hydrogens is 521 g/mol. The van der Waals surface area contributed by atoms with Gasteiger partial charge in [0.15, 0.2) is 18.2 Å². The highest BCUT2D eigenvalue weighted by molar-refractivity contribution is 6.31. The van der Waals surface area contributed by atoms with E-state index >= 15 is 0 Å². The molecule has 0 aliphatic carbocycles. The molecule has 0 unspecified atom stereocenters. The van der Waals surface area contributed by atoms with E-state index in [1.54, 1.807) is 42.5 Å². The highest BCUT2D eigenvalue weighted by Crippen LogP contribution is 2.26. The third-order valence-corrected chi connectivity index (χ3v) is 6.56. The average molecular weight is 542 g/mol. The molecule has 6 nitrogen and oxygen atoms in total. The normalized spacial score (nSPS) is 10.8. The number of Topliss-reactive ketones (excluding diaryl/α,β-unsaturated/α-hetero) is 1. The van der Waals surface area contributed by atoms with Gasteiger partial charge in [-0.3, -0.25) is 4.79 Å². The largest absolute Gasteiger partial charge is 0.451 e. The van der Waals surface area contributed by atoms with Crippen LogP contribution >= 0.6 is 23.2 Å². The van der Waals surface area contributed by atoms with Gasteiger partial charge in [0.1, 0.15) is 0 Å². The molecule has 1 aromatic heterocycles. The second-order valence-electron chi connectivity index (χ2n) is 8.56. The molecule has 38 heavy (non-hydrogen) atoms. The first-order valence-electron chi connectivity index (χ1n) is 11.7. The second kappa shape index (κ2) is 11.0. The van der Waals surface area contributed by atoms with Crippen LogP contribution in [-0.2, 0) is 4.74 Å². The van der Waals surface area contributed by atoms with Crippen molar-refractivity contribution in [2.75, 3.05) is 6.61 Å². The fourth-order valence-corrected chi connectivity index (χ4v) is 4.23. The second-order valence-corrected chi connectivity index (χ2v) is 9.40. The summed E-state index contributed by atoms with van der Waals surface area (Å²) in [6.45, 7) is 1.45. The summed E-state index contributed by atoms with van der Waals surface area (Å²) in [4.78, 5) is 30.0. The number of nitrogens with zero attached hydrogens (tertiary/aromatic N) is 3. The zero-order valence-corrected chi connectivity index (χ0v) is 21.8. The fourth-order valence-electron chi connectivity index (χ4n) is 3.86. The molecule has 5 rings (SSSR count). The smallest absolute Gasteiger partial charge is 0.378 e. The lowest BCUT2D eigenvalue weighted by Crippen LogP contribution is -2.15. The summed E-state index contributed by atoms with van der Waals surface area (Å²) in [6, 6.07) is 29.4. The molecule has 0 saturated heterocycles. The van der Waals surface area contributed by atoms with Gasteiger partial charge in [-0.05, 0) is 47.9 Å². The van der Waals surface area contributed by atoms with Gasteiger partial charge < -0.3 is 4.74 Å². The van der Waals surface area contributed by atoms with Crippen LogP contribution in [0.1, 0.15) is 26.5 Å². The molecule has 0 aliphatic rings. The van der Waals surface area contributed by atoms with Gasteiger partial charge >= 0.3 is 5.97 Å². The van der Waals surface area contributed by atoms with Crippen LogP contribution in [0.2, 0.25) is 10.0 Å². The zero-order valence-electron chi connectivity index (χ0n) is 20.3. The molecule has 188 valence electrons. The standard InChI is InChI=1S/C30H21Cl2N3O3/c1-19-10-15-25(17-26(19)32)35-29(23-8-5-9-24(31)16-23)33-28(34-35)30(37)38-18-27(36)22-13-11-21(12-14-22)20-6-3-2-4-7-20/h2-17H,18H2,1H3. The third kappa shape index (κ3) is 5.52. The summed E-state index contributed by atoms with van der Waals surface area (Å²) in [5, 5.41) is 5.42. The van der Waals surface area contributed by atoms with E-state index in [2.05, 4.69) is 10.1 Å². The Kier molecular flexibility index (Phi) is 7.36. The Balaban J connectivity index is 1.36. The molecule has 0 fully saturated rings. The number of halogens is 2. The SMILES string of the molecule is Cc1ccc(-n2nc(C(=O)OCC(=O)c3ccc(-c4ccccc4)cc3)nc2-c2cccc(Cl)c2)cc1Cl. The summed E-state index contributed by atoms with van der Waals surface area (Å²) in [5.41, 5.74) is 4.62. The minimum Gasteiger partial charge on any atom is -0.451 e. The number of esters is 1. The van der Waals surface area contributed by atoms with E-state index in [4.69, 9.17) is 27.9 Å². The number of hydrogen-bond donors (Lipinski definition) is 0. The van der Waals surface area contributed by atoms with Crippen molar-refractivity contribution in [2.24, 2.45) is 0 Å². The minimum absolute atomic E-state index is 0.191. The van der Waals surface area contributed by atoms with Gasteiger partial charge in [-0.25, -0.2) is 14.5 Å². The lowest BCUT2D eigenvalue weighted by molar-refractivity contribution is 0.0462. The maximum atomic E-state index is 12.9. The molecule has 0 amide bonds. The number of benzene rings is 4. The Morgan fingerprint density at radius 1 is 0.816 bits per heavy atom. The first-order valence-corrected chi connectivity index (χ1v) is 12.5. The van der Waals surface area contributed by atoms with Crippen molar-refractivity contribution in [1.29, 1.82) is 0 Å². The lowest BCUT2D eigenvalue weighted by Gasteiger charge is -2.08. The Morgan fingerprint density at radius 2 is 1.53 bits per heavy atom. The molecule has 1 heterocycles. The molecule has 4 aromatic carbocycles. The number of hydrogen-bond acceptors (Lipinski definition) is 5. The molecule has 0 N–H and O–H groups in total.